The van der Waals surface area contributed by atoms with Gasteiger partial charge in [-0.25, -0.2) is 0 Å². The summed E-state index contributed by atoms with van der Waals surface area (Å²) in [5.74, 6) is 1.78. The number of benzene rings is 3. The Labute approximate surface area is 189 Å². The molecule has 7 nitrogen and oxygen atoms in total. The first-order chi connectivity index (χ1) is 16.2. The molecule has 1 aliphatic heterocycles. The smallest absolute Gasteiger partial charge is 0.258 e. The lowest BCUT2D eigenvalue weighted by atomic mass is 10.1. The minimum absolute atomic E-state index is 0.0287. The first kappa shape index (κ1) is 19.3. The number of likely N-dealkylation sites (tertiary alicyclic amines) is 1. The molecule has 0 unspecified atom stereocenters. The van der Waals surface area contributed by atoms with Gasteiger partial charge in [0, 0.05) is 33.8 Å². The largest absolute Gasteiger partial charge is 0.487 e. The first-order valence-corrected chi connectivity index (χ1v) is 10.8. The third-order valence-electron chi connectivity index (χ3n) is 5.82. The molecule has 5 aromatic rings. The second kappa shape index (κ2) is 7.94. The Balaban J connectivity index is 1.08. The molecule has 0 bridgehead atoms. The van der Waals surface area contributed by atoms with E-state index in [0.29, 0.717) is 30.4 Å². The summed E-state index contributed by atoms with van der Waals surface area (Å²) in [7, 11) is 0. The van der Waals surface area contributed by atoms with Crippen molar-refractivity contribution in [3.63, 3.8) is 0 Å². The van der Waals surface area contributed by atoms with Crippen LogP contribution in [0.3, 0.4) is 0 Å². The van der Waals surface area contributed by atoms with Crippen molar-refractivity contribution in [2.75, 3.05) is 13.1 Å². The maximum Gasteiger partial charge on any atom is 0.258 e. The standard InChI is InChI=1S/C26H20N4O3/c31-26(22-7-4-8-23-21(22)13-14-27-23)30-15-20(16-30)32-19-11-9-18(10-12-19)25-28-24(29-33-25)17-5-2-1-3-6-17/h1-14,20,27H,15-16H2. The van der Waals surface area contributed by atoms with Crippen LogP contribution in [0.25, 0.3) is 33.7 Å². The van der Waals surface area contributed by atoms with Gasteiger partial charge < -0.3 is 19.1 Å². The van der Waals surface area contributed by atoms with Gasteiger partial charge in [0.2, 0.25) is 5.82 Å². The zero-order valence-corrected chi connectivity index (χ0v) is 17.6. The summed E-state index contributed by atoms with van der Waals surface area (Å²) in [4.78, 5) is 22.3. The zero-order valence-electron chi connectivity index (χ0n) is 17.6. The maximum atomic E-state index is 12.9. The molecular formula is C26H20N4O3. The Morgan fingerprint density at radius 3 is 2.58 bits per heavy atom. The lowest BCUT2D eigenvalue weighted by Gasteiger charge is -2.39. The van der Waals surface area contributed by atoms with E-state index in [1.807, 2.05) is 90.0 Å². The molecule has 0 saturated carbocycles. The van der Waals surface area contributed by atoms with Crippen LogP contribution in [-0.4, -0.2) is 45.1 Å². The second-order valence-electron chi connectivity index (χ2n) is 8.01. The predicted octanol–water partition coefficient (Wildman–Crippen LogP) is 4.79. The number of amides is 1. The van der Waals surface area contributed by atoms with Crippen LogP contribution in [0.4, 0.5) is 0 Å². The molecule has 3 heterocycles. The van der Waals surface area contributed by atoms with Crippen molar-refractivity contribution in [2.45, 2.75) is 6.10 Å². The average molecular weight is 436 g/mol. The Morgan fingerprint density at radius 1 is 0.939 bits per heavy atom. The average Bonchev–Trinajstić information content (AvgIpc) is 3.51. The highest BCUT2D eigenvalue weighted by Crippen LogP contribution is 2.27. The van der Waals surface area contributed by atoms with Crippen molar-refractivity contribution in [3.05, 3.63) is 90.6 Å². The Kier molecular flexibility index (Phi) is 4.65. The van der Waals surface area contributed by atoms with E-state index in [0.717, 1.165) is 27.8 Å². The van der Waals surface area contributed by atoms with Gasteiger partial charge in [0.15, 0.2) is 0 Å². The summed E-state index contributed by atoms with van der Waals surface area (Å²) in [5, 5.41) is 5.01. The van der Waals surface area contributed by atoms with E-state index < -0.39 is 0 Å². The molecule has 0 spiro atoms. The van der Waals surface area contributed by atoms with E-state index in [4.69, 9.17) is 9.26 Å². The van der Waals surface area contributed by atoms with Crippen LogP contribution < -0.4 is 4.74 Å². The van der Waals surface area contributed by atoms with Gasteiger partial charge in [-0.2, -0.15) is 4.98 Å². The van der Waals surface area contributed by atoms with Crippen molar-refractivity contribution in [2.24, 2.45) is 0 Å². The van der Waals surface area contributed by atoms with Gasteiger partial charge in [-0.1, -0.05) is 41.6 Å². The van der Waals surface area contributed by atoms with E-state index >= 15 is 0 Å². The van der Waals surface area contributed by atoms with Gasteiger partial charge >= 0.3 is 0 Å². The number of carbonyl (C=O) groups is 1. The fraction of sp³-hybridized carbons (Fsp3) is 0.115. The normalized spacial score (nSPS) is 13.8. The molecule has 162 valence electrons. The quantitative estimate of drug-likeness (QED) is 0.428. The Bertz CT molecular complexity index is 1420. The van der Waals surface area contributed by atoms with Gasteiger partial charge in [0.1, 0.15) is 11.9 Å². The predicted molar refractivity (Wildman–Crippen MR) is 124 cm³/mol. The number of aromatic nitrogens is 3. The molecule has 3 aromatic carbocycles. The van der Waals surface area contributed by atoms with Gasteiger partial charge in [0.25, 0.3) is 11.8 Å². The number of H-pyrrole nitrogens is 1. The highest BCUT2D eigenvalue weighted by molar-refractivity contribution is 6.06. The van der Waals surface area contributed by atoms with Crippen LogP contribution in [0, 0.1) is 0 Å². The molecule has 2 aromatic heterocycles. The molecule has 33 heavy (non-hydrogen) atoms. The summed E-state index contributed by atoms with van der Waals surface area (Å²) in [6.07, 6.45) is 1.82. The van der Waals surface area contributed by atoms with Crippen molar-refractivity contribution in [1.82, 2.24) is 20.0 Å². The lowest BCUT2D eigenvalue weighted by molar-refractivity contribution is 0.0179. The van der Waals surface area contributed by atoms with E-state index in [1.54, 1.807) is 0 Å². The number of nitrogens with one attached hydrogen (secondary N) is 1. The van der Waals surface area contributed by atoms with E-state index in [-0.39, 0.29) is 12.0 Å². The molecule has 1 aliphatic rings. The SMILES string of the molecule is O=C(c1cccc2[nH]ccc12)N1CC(Oc2ccc(-c3nc(-c4ccccc4)no3)cc2)C1. The summed E-state index contributed by atoms with van der Waals surface area (Å²) in [5.41, 5.74) is 3.41. The number of nitrogens with zero attached hydrogens (tertiary/aromatic N) is 3. The Hall–Kier alpha value is -4.39. The van der Waals surface area contributed by atoms with Gasteiger partial charge in [-0.3, -0.25) is 4.79 Å². The van der Waals surface area contributed by atoms with Crippen molar-refractivity contribution in [3.8, 4) is 28.6 Å². The minimum atomic E-state index is -0.0293. The fourth-order valence-electron chi connectivity index (χ4n) is 4.03. The number of aromatic amines is 1. The third kappa shape index (κ3) is 3.63. The monoisotopic (exact) mass is 436 g/mol. The Morgan fingerprint density at radius 2 is 1.76 bits per heavy atom. The maximum absolute atomic E-state index is 12.9. The fourth-order valence-corrected chi connectivity index (χ4v) is 4.03. The lowest BCUT2D eigenvalue weighted by Crippen LogP contribution is -2.56. The van der Waals surface area contributed by atoms with Crippen LogP contribution in [0.5, 0.6) is 5.75 Å². The molecule has 1 fully saturated rings. The van der Waals surface area contributed by atoms with Crippen LogP contribution in [0.15, 0.2) is 89.6 Å². The molecule has 0 aliphatic carbocycles. The number of hydrogen-bond acceptors (Lipinski definition) is 5. The number of fused-ring (bicyclic) bond motifs is 1. The first-order valence-electron chi connectivity index (χ1n) is 10.8. The molecule has 7 heteroatoms. The van der Waals surface area contributed by atoms with E-state index in [2.05, 4.69) is 15.1 Å². The molecule has 0 atom stereocenters. The number of carbonyl (C=O) groups excluding carboxylic acids is 1. The number of ether oxygens (including phenoxy) is 1. The van der Waals surface area contributed by atoms with Crippen LogP contribution in [-0.2, 0) is 0 Å². The van der Waals surface area contributed by atoms with Crippen molar-refractivity contribution in [1.29, 1.82) is 0 Å². The molecular weight excluding hydrogens is 416 g/mol. The van der Waals surface area contributed by atoms with Crippen LogP contribution >= 0.6 is 0 Å². The minimum Gasteiger partial charge on any atom is -0.487 e. The zero-order chi connectivity index (χ0) is 22.2. The van der Waals surface area contributed by atoms with Crippen LogP contribution in [0.2, 0.25) is 0 Å². The highest BCUT2D eigenvalue weighted by atomic mass is 16.5. The van der Waals surface area contributed by atoms with E-state index in [1.165, 1.54) is 0 Å². The summed E-state index contributed by atoms with van der Waals surface area (Å²) < 4.78 is 11.5. The summed E-state index contributed by atoms with van der Waals surface area (Å²) >= 11 is 0. The van der Waals surface area contributed by atoms with Gasteiger partial charge in [-0.15, -0.1) is 0 Å². The molecule has 6 rings (SSSR count). The van der Waals surface area contributed by atoms with Crippen molar-refractivity contribution < 1.29 is 14.1 Å². The van der Waals surface area contributed by atoms with Gasteiger partial charge in [-0.05, 0) is 42.5 Å². The number of hydrogen-bond donors (Lipinski definition) is 1. The molecule has 0 radical (unpaired) electrons. The third-order valence-corrected chi connectivity index (χ3v) is 5.82. The van der Waals surface area contributed by atoms with Crippen LogP contribution in [0.1, 0.15) is 10.4 Å². The highest BCUT2D eigenvalue weighted by Gasteiger charge is 2.33. The van der Waals surface area contributed by atoms with E-state index in [9.17, 15) is 4.79 Å². The summed E-state index contributed by atoms with van der Waals surface area (Å²) in [6, 6.07) is 24.9. The topological polar surface area (TPSA) is 84.2 Å². The molecule has 1 saturated heterocycles. The summed E-state index contributed by atoms with van der Waals surface area (Å²) in [6.45, 7) is 1.12. The second-order valence-corrected chi connectivity index (χ2v) is 8.01. The van der Waals surface area contributed by atoms with Crippen molar-refractivity contribution >= 4 is 16.8 Å². The molecule has 1 amide bonds. The van der Waals surface area contributed by atoms with Gasteiger partial charge in [0.05, 0.1) is 13.1 Å². The number of rotatable bonds is 5. The molecule has 1 N–H and O–H groups in total.